The molecule has 1 aromatic heterocycles. The number of hydrogen-bond acceptors (Lipinski definition) is 7. The molecular weight excluding hydrogens is 517 g/mol. The number of anilines is 3. The summed E-state index contributed by atoms with van der Waals surface area (Å²) < 4.78 is 31.8. The Morgan fingerprint density at radius 1 is 0.923 bits per heavy atom. The fourth-order valence-corrected chi connectivity index (χ4v) is 5.88. The molecule has 5 rings (SSSR count). The number of carboxylic acid groups (broad SMARTS) is 1. The topological polar surface area (TPSA) is 120 Å². The minimum atomic E-state index is -1.03. The summed E-state index contributed by atoms with van der Waals surface area (Å²) in [4.78, 5) is 23.4. The van der Waals surface area contributed by atoms with Crippen LogP contribution in [0.5, 0.6) is 0 Å². The van der Waals surface area contributed by atoms with Gasteiger partial charge < -0.3 is 25.0 Å². The van der Waals surface area contributed by atoms with E-state index in [4.69, 9.17) is 4.42 Å². The standard InChI is InChI=1S/C28H30F2N4O4.Na/c29-22-6-5-21(16-23(22)30)32-27-34-33-26(38-27)25(37)31-20-3-1-18(2-4-20)19-9-13-28(14-10-19)11-7-17(8-12-28)15-24(35)36;/h1-6,16-17,19H,7-15H2,(H,31,37)(H,32,34)(H,35,36);/q;+1/p-1. The molecule has 0 bridgehead atoms. The van der Waals surface area contributed by atoms with Crippen molar-refractivity contribution in [3.8, 4) is 0 Å². The number of rotatable bonds is 7. The van der Waals surface area contributed by atoms with Crippen molar-refractivity contribution in [2.24, 2.45) is 11.3 Å². The molecule has 0 atom stereocenters. The van der Waals surface area contributed by atoms with Crippen molar-refractivity contribution in [3.05, 3.63) is 65.6 Å². The van der Waals surface area contributed by atoms with E-state index in [1.54, 1.807) is 0 Å². The van der Waals surface area contributed by atoms with E-state index in [1.807, 2.05) is 24.3 Å². The fourth-order valence-electron chi connectivity index (χ4n) is 5.88. The summed E-state index contributed by atoms with van der Waals surface area (Å²) in [6.45, 7) is 0. The van der Waals surface area contributed by atoms with Gasteiger partial charge in [-0.1, -0.05) is 17.2 Å². The van der Waals surface area contributed by atoms with Crippen LogP contribution in [0.25, 0.3) is 0 Å². The van der Waals surface area contributed by atoms with Gasteiger partial charge in [0, 0.05) is 23.4 Å². The monoisotopic (exact) mass is 546 g/mol. The zero-order chi connectivity index (χ0) is 26.7. The summed E-state index contributed by atoms with van der Waals surface area (Å²) in [5, 5.41) is 23.7. The number of nitrogens with one attached hydrogen (secondary N) is 2. The largest absolute Gasteiger partial charge is 1.00 e. The molecule has 1 spiro atoms. The molecule has 2 aromatic carbocycles. The third kappa shape index (κ3) is 7.23. The van der Waals surface area contributed by atoms with Gasteiger partial charge in [-0.15, -0.1) is 5.10 Å². The van der Waals surface area contributed by atoms with Crippen molar-refractivity contribution in [3.63, 3.8) is 0 Å². The second-order valence-electron chi connectivity index (χ2n) is 10.5. The normalized spacial score (nSPS) is 22.6. The van der Waals surface area contributed by atoms with Crippen LogP contribution in [-0.2, 0) is 4.79 Å². The Labute approximate surface area is 247 Å². The third-order valence-electron chi connectivity index (χ3n) is 8.10. The molecule has 2 fully saturated rings. The second kappa shape index (κ2) is 12.6. The van der Waals surface area contributed by atoms with E-state index in [-0.39, 0.29) is 59.5 Å². The Kier molecular flexibility index (Phi) is 9.40. The van der Waals surface area contributed by atoms with Crippen molar-refractivity contribution in [1.29, 1.82) is 0 Å². The number of benzene rings is 2. The SMILES string of the molecule is O=C([O-])CC1CCC2(CC1)CCC(c1ccc(NC(=O)c3nnc(Nc4ccc(F)c(F)c4)o3)cc1)CC2.[Na+]. The predicted octanol–water partition coefficient (Wildman–Crippen LogP) is 2.32. The second-order valence-corrected chi connectivity index (χ2v) is 10.5. The van der Waals surface area contributed by atoms with E-state index in [0.29, 0.717) is 17.0 Å². The first-order chi connectivity index (χ1) is 18.3. The molecular formula is C28H29F2N4NaO4. The summed E-state index contributed by atoms with van der Waals surface area (Å²) in [6, 6.07) is 10.8. The minimum Gasteiger partial charge on any atom is -0.550 e. The Bertz CT molecular complexity index is 1300. The van der Waals surface area contributed by atoms with Gasteiger partial charge in [0.05, 0.1) is 0 Å². The first-order valence-electron chi connectivity index (χ1n) is 13.0. The molecule has 200 valence electrons. The summed E-state index contributed by atoms with van der Waals surface area (Å²) in [6.07, 6.45) is 8.89. The molecule has 1 heterocycles. The Hall–Kier alpha value is -2.82. The Balaban J connectivity index is 0.00000353. The van der Waals surface area contributed by atoms with Crippen molar-refractivity contribution < 1.29 is 57.5 Å². The fraction of sp³-hybridized carbons (Fsp3) is 0.429. The molecule has 0 aliphatic heterocycles. The maximum Gasteiger partial charge on any atom is 1.00 e. The van der Waals surface area contributed by atoms with E-state index in [0.717, 1.165) is 63.5 Å². The smallest absolute Gasteiger partial charge is 0.550 e. The summed E-state index contributed by atoms with van der Waals surface area (Å²) in [5.74, 6) is -3.07. The van der Waals surface area contributed by atoms with Crippen LogP contribution in [0.15, 0.2) is 46.9 Å². The van der Waals surface area contributed by atoms with Gasteiger partial charge in [-0.05, 0) is 105 Å². The van der Waals surface area contributed by atoms with Crippen molar-refractivity contribution in [2.45, 2.75) is 63.7 Å². The molecule has 0 saturated heterocycles. The quantitative estimate of drug-likeness (QED) is 0.437. The van der Waals surface area contributed by atoms with E-state index in [9.17, 15) is 23.5 Å². The average molecular weight is 547 g/mol. The van der Waals surface area contributed by atoms with Gasteiger partial charge in [-0.2, -0.15) is 0 Å². The van der Waals surface area contributed by atoms with Gasteiger partial charge in [-0.25, -0.2) is 8.78 Å². The number of carbonyl (C=O) groups excluding carboxylic acids is 2. The third-order valence-corrected chi connectivity index (χ3v) is 8.10. The van der Waals surface area contributed by atoms with Crippen LogP contribution in [0.3, 0.4) is 0 Å². The van der Waals surface area contributed by atoms with Crippen LogP contribution in [-0.4, -0.2) is 22.1 Å². The van der Waals surface area contributed by atoms with Gasteiger partial charge in [0.2, 0.25) is 0 Å². The molecule has 2 aliphatic rings. The van der Waals surface area contributed by atoms with Gasteiger partial charge in [-0.3, -0.25) is 4.79 Å². The number of halogens is 2. The van der Waals surface area contributed by atoms with E-state index in [2.05, 4.69) is 20.8 Å². The van der Waals surface area contributed by atoms with Crippen LogP contribution in [0.2, 0.25) is 0 Å². The Morgan fingerprint density at radius 3 is 2.21 bits per heavy atom. The predicted molar refractivity (Wildman–Crippen MR) is 134 cm³/mol. The molecule has 2 N–H and O–H groups in total. The van der Waals surface area contributed by atoms with Crippen molar-refractivity contribution >= 4 is 29.3 Å². The van der Waals surface area contributed by atoms with E-state index >= 15 is 0 Å². The summed E-state index contributed by atoms with van der Waals surface area (Å²) in [7, 11) is 0. The summed E-state index contributed by atoms with van der Waals surface area (Å²) >= 11 is 0. The number of aromatic nitrogens is 2. The number of nitrogens with zero attached hydrogens (tertiary/aromatic N) is 2. The van der Waals surface area contributed by atoms with Gasteiger partial charge in [0.1, 0.15) is 0 Å². The zero-order valence-corrected chi connectivity index (χ0v) is 23.8. The average Bonchev–Trinajstić information content (AvgIpc) is 3.37. The number of carbonyl (C=O) groups is 2. The number of carboxylic acids is 1. The van der Waals surface area contributed by atoms with Gasteiger partial charge in [0.15, 0.2) is 11.6 Å². The molecule has 1 amide bonds. The first-order valence-corrected chi connectivity index (χ1v) is 13.0. The van der Waals surface area contributed by atoms with Crippen molar-refractivity contribution in [2.75, 3.05) is 10.6 Å². The minimum absolute atomic E-state index is 0. The zero-order valence-electron chi connectivity index (χ0n) is 21.8. The molecule has 3 aromatic rings. The number of hydrogen-bond donors (Lipinski definition) is 2. The van der Waals surface area contributed by atoms with Crippen LogP contribution in [0.1, 0.15) is 80.0 Å². The molecule has 0 radical (unpaired) electrons. The summed E-state index contributed by atoms with van der Waals surface area (Å²) in [5.41, 5.74) is 2.38. The van der Waals surface area contributed by atoms with Gasteiger partial charge >= 0.3 is 47.4 Å². The van der Waals surface area contributed by atoms with Crippen LogP contribution >= 0.6 is 0 Å². The Morgan fingerprint density at radius 2 is 1.56 bits per heavy atom. The molecule has 2 aliphatic carbocycles. The molecule has 8 nitrogen and oxygen atoms in total. The molecule has 2 saturated carbocycles. The molecule has 39 heavy (non-hydrogen) atoms. The van der Waals surface area contributed by atoms with Crippen LogP contribution < -0.4 is 45.3 Å². The first kappa shape index (κ1) is 29.2. The molecule has 11 heteroatoms. The number of aliphatic carboxylic acids is 1. The van der Waals surface area contributed by atoms with Crippen molar-refractivity contribution in [1.82, 2.24) is 10.2 Å². The van der Waals surface area contributed by atoms with E-state index < -0.39 is 23.5 Å². The van der Waals surface area contributed by atoms with Gasteiger partial charge in [0.25, 0.3) is 0 Å². The van der Waals surface area contributed by atoms with Crippen LogP contribution in [0, 0.1) is 23.0 Å². The van der Waals surface area contributed by atoms with E-state index in [1.165, 1.54) is 11.6 Å². The number of amides is 1. The maximum atomic E-state index is 13.4. The van der Waals surface area contributed by atoms with Crippen LogP contribution in [0.4, 0.5) is 26.2 Å². The maximum absolute atomic E-state index is 13.4. The molecule has 0 unspecified atom stereocenters.